The van der Waals surface area contributed by atoms with E-state index in [4.69, 9.17) is 0 Å². The summed E-state index contributed by atoms with van der Waals surface area (Å²) in [5.74, 6) is -0.701. The molecule has 2 N–H and O–H groups in total. The number of halogens is 4. The normalized spacial score (nSPS) is 11.8. The number of aryl methyl sites for hydroxylation is 2. The molecule has 10 heteroatoms. The van der Waals surface area contributed by atoms with Crippen molar-refractivity contribution in [1.29, 1.82) is 0 Å². The van der Waals surface area contributed by atoms with Crippen molar-refractivity contribution in [3.05, 3.63) is 55.9 Å². The third-order valence-electron chi connectivity index (χ3n) is 3.72. The zero-order chi connectivity index (χ0) is 19.2. The number of nitrogens with one attached hydrogen (secondary N) is 2. The van der Waals surface area contributed by atoms with E-state index in [1.54, 1.807) is 14.0 Å². The first-order valence-electron chi connectivity index (χ1n) is 7.32. The van der Waals surface area contributed by atoms with Gasteiger partial charge in [-0.2, -0.15) is 13.2 Å². The van der Waals surface area contributed by atoms with Gasteiger partial charge in [0.1, 0.15) is 0 Å². The van der Waals surface area contributed by atoms with Crippen molar-refractivity contribution >= 4 is 38.6 Å². The van der Waals surface area contributed by atoms with Gasteiger partial charge in [-0.25, -0.2) is 4.98 Å². The fourth-order valence-electron chi connectivity index (χ4n) is 2.58. The maximum atomic E-state index is 13.0. The van der Waals surface area contributed by atoms with Crippen LogP contribution in [0, 0.1) is 6.92 Å². The molecule has 0 fully saturated rings. The van der Waals surface area contributed by atoms with E-state index < -0.39 is 23.2 Å². The summed E-state index contributed by atoms with van der Waals surface area (Å²) in [5.41, 5.74) is -0.654. The number of pyridine rings is 1. The minimum Gasteiger partial charge on any atom is -0.322 e. The first-order chi connectivity index (χ1) is 12.1. The molecule has 1 aromatic carbocycles. The number of aromatic amines is 1. The van der Waals surface area contributed by atoms with Crippen LogP contribution >= 0.6 is 15.9 Å². The standard InChI is InChI=1S/C16H12BrF3N4O2/c1-7-5-9(12-13(21-7)24(2)23-15(12)26)14(25)22-8-3-4-11(17)10(6-8)16(18,19)20/h3-6H,1-2H3,(H,22,25)(H,23,26). The Bertz CT molecular complexity index is 1090. The van der Waals surface area contributed by atoms with Crippen LogP contribution < -0.4 is 10.9 Å². The fourth-order valence-corrected chi connectivity index (χ4v) is 3.05. The van der Waals surface area contributed by atoms with E-state index >= 15 is 0 Å². The van der Waals surface area contributed by atoms with Crippen molar-refractivity contribution in [2.45, 2.75) is 13.1 Å². The summed E-state index contributed by atoms with van der Waals surface area (Å²) in [7, 11) is 1.57. The van der Waals surface area contributed by atoms with Crippen molar-refractivity contribution in [2.75, 3.05) is 5.32 Å². The SMILES string of the molecule is Cc1cc(C(=O)Nc2ccc(Br)c(C(F)(F)F)c2)c2c(=O)[nH]n(C)c2n1. The molecule has 0 aliphatic rings. The van der Waals surface area contributed by atoms with Crippen LogP contribution in [0.3, 0.4) is 0 Å². The van der Waals surface area contributed by atoms with Crippen molar-refractivity contribution < 1.29 is 18.0 Å². The molecule has 136 valence electrons. The molecule has 3 rings (SSSR count). The third-order valence-corrected chi connectivity index (χ3v) is 4.41. The van der Waals surface area contributed by atoms with E-state index in [9.17, 15) is 22.8 Å². The second-order valence-electron chi connectivity index (χ2n) is 5.66. The van der Waals surface area contributed by atoms with Gasteiger partial charge in [-0.1, -0.05) is 15.9 Å². The number of H-pyrrole nitrogens is 1. The quantitative estimate of drug-likeness (QED) is 0.654. The number of aromatic nitrogens is 3. The van der Waals surface area contributed by atoms with Crippen LogP contribution in [0.25, 0.3) is 11.0 Å². The van der Waals surface area contributed by atoms with Crippen molar-refractivity contribution in [1.82, 2.24) is 14.8 Å². The number of alkyl halides is 3. The predicted octanol–water partition coefficient (Wildman–Crippen LogP) is 3.60. The van der Waals surface area contributed by atoms with E-state index in [-0.39, 0.29) is 26.8 Å². The van der Waals surface area contributed by atoms with E-state index in [2.05, 4.69) is 31.3 Å². The maximum absolute atomic E-state index is 13.0. The van der Waals surface area contributed by atoms with Crippen molar-refractivity contribution in [2.24, 2.45) is 7.05 Å². The second kappa shape index (κ2) is 6.27. The molecule has 6 nitrogen and oxygen atoms in total. The Balaban J connectivity index is 2.05. The lowest BCUT2D eigenvalue weighted by atomic mass is 10.1. The molecule has 2 heterocycles. The molecule has 0 atom stereocenters. The Labute approximate surface area is 153 Å². The zero-order valence-electron chi connectivity index (χ0n) is 13.5. The number of fused-ring (bicyclic) bond motifs is 1. The Hall–Kier alpha value is -2.62. The van der Waals surface area contributed by atoms with Crippen molar-refractivity contribution in [3.8, 4) is 0 Å². The van der Waals surface area contributed by atoms with Crippen LogP contribution in [0.4, 0.5) is 18.9 Å². The first-order valence-corrected chi connectivity index (χ1v) is 8.11. The summed E-state index contributed by atoms with van der Waals surface area (Å²) >= 11 is 2.84. The molecule has 3 aromatic rings. The molecule has 0 saturated heterocycles. The van der Waals surface area contributed by atoms with Gasteiger partial charge in [-0.3, -0.25) is 19.4 Å². The fraction of sp³-hybridized carbons (Fsp3) is 0.188. The molecule has 0 bridgehead atoms. The van der Waals surface area contributed by atoms with E-state index in [0.717, 1.165) is 6.07 Å². The molecular formula is C16H12BrF3N4O2. The van der Waals surface area contributed by atoms with Gasteiger partial charge in [0.05, 0.1) is 16.5 Å². The maximum Gasteiger partial charge on any atom is 0.417 e. The zero-order valence-corrected chi connectivity index (χ0v) is 15.1. The minimum atomic E-state index is -4.57. The highest BCUT2D eigenvalue weighted by molar-refractivity contribution is 9.10. The lowest BCUT2D eigenvalue weighted by Crippen LogP contribution is -2.16. The van der Waals surface area contributed by atoms with Crippen LogP contribution in [-0.4, -0.2) is 20.7 Å². The summed E-state index contributed by atoms with van der Waals surface area (Å²) in [6, 6.07) is 4.76. The highest BCUT2D eigenvalue weighted by atomic mass is 79.9. The molecule has 0 aliphatic carbocycles. The number of benzene rings is 1. The molecule has 0 saturated carbocycles. The molecule has 0 spiro atoms. The van der Waals surface area contributed by atoms with Gasteiger partial charge in [-0.15, -0.1) is 0 Å². The Morgan fingerprint density at radius 2 is 2.00 bits per heavy atom. The van der Waals surface area contributed by atoms with E-state index in [1.165, 1.54) is 22.9 Å². The number of carbonyl (C=O) groups is 1. The van der Waals surface area contributed by atoms with Crippen LogP contribution in [0.5, 0.6) is 0 Å². The summed E-state index contributed by atoms with van der Waals surface area (Å²) in [5, 5.41) is 4.98. The summed E-state index contributed by atoms with van der Waals surface area (Å²) in [6.45, 7) is 1.65. The van der Waals surface area contributed by atoms with Gasteiger partial charge >= 0.3 is 6.18 Å². The van der Waals surface area contributed by atoms with E-state index in [1.807, 2.05) is 0 Å². The molecular weight excluding hydrogens is 417 g/mol. The van der Waals surface area contributed by atoms with Gasteiger partial charge in [-0.05, 0) is 31.2 Å². The Kier molecular flexibility index (Phi) is 4.39. The predicted molar refractivity (Wildman–Crippen MR) is 93.2 cm³/mol. The molecule has 0 unspecified atom stereocenters. The monoisotopic (exact) mass is 428 g/mol. The van der Waals surface area contributed by atoms with Gasteiger partial charge in [0.2, 0.25) is 0 Å². The number of anilines is 1. The number of carbonyl (C=O) groups excluding carboxylic acids is 1. The average Bonchev–Trinajstić information content (AvgIpc) is 2.81. The summed E-state index contributed by atoms with van der Waals surface area (Å²) in [4.78, 5) is 28.9. The van der Waals surface area contributed by atoms with Crippen LogP contribution in [0.2, 0.25) is 0 Å². The van der Waals surface area contributed by atoms with Gasteiger partial charge < -0.3 is 5.32 Å². The molecule has 0 radical (unpaired) electrons. The number of rotatable bonds is 2. The van der Waals surface area contributed by atoms with Gasteiger partial charge in [0, 0.05) is 22.9 Å². The van der Waals surface area contributed by atoms with Gasteiger partial charge in [0.25, 0.3) is 11.5 Å². The summed E-state index contributed by atoms with van der Waals surface area (Å²) in [6.07, 6.45) is -4.57. The number of hydrogen-bond acceptors (Lipinski definition) is 3. The Morgan fingerprint density at radius 1 is 1.31 bits per heavy atom. The molecule has 26 heavy (non-hydrogen) atoms. The highest BCUT2D eigenvalue weighted by Crippen LogP contribution is 2.36. The summed E-state index contributed by atoms with van der Waals surface area (Å²) < 4.78 is 40.3. The molecule has 2 aromatic heterocycles. The number of hydrogen-bond donors (Lipinski definition) is 2. The first kappa shape index (κ1) is 18.2. The van der Waals surface area contributed by atoms with Crippen LogP contribution in [0.15, 0.2) is 33.5 Å². The lowest BCUT2D eigenvalue weighted by molar-refractivity contribution is -0.138. The van der Waals surface area contributed by atoms with Gasteiger partial charge in [0.15, 0.2) is 5.65 Å². The van der Waals surface area contributed by atoms with E-state index in [0.29, 0.717) is 5.69 Å². The van der Waals surface area contributed by atoms with Crippen LogP contribution in [-0.2, 0) is 13.2 Å². The average molecular weight is 429 g/mol. The van der Waals surface area contributed by atoms with Crippen LogP contribution in [0.1, 0.15) is 21.6 Å². The smallest absolute Gasteiger partial charge is 0.322 e. The Morgan fingerprint density at radius 3 is 2.65 bits per heavy atom. The highest BCUT2D eigenvalue weighted by Gasteiger charge is 2.33. The minimum absolute atomic E-state index is 0.0332. The number of amides is 1. The molecule has 0 aliphatic heterocycles. The number of nitrogens with zero attached hydrogens (tertiary/aromatic N) is 2. The molecule has 1 amide bonds. The second-order valence-corrected chi connectivity index (χ2v) is 6.51. The third kappa shape index (κ3) is 3.24. The topological polar surface area (TPSA) is 79.8 Å². The largest absolute Gasteiger partial charge is 0.417 e. The lowest BCUT2D eigenvalue weighted by Gasteiger charge is -2.12. The van der Waals surface area contributed by atoms with Crippen molar-refractivity contribution in [3.63, 3.8) is 0 Å².